The molecule has 3 rings (SSSR count). The highest BCUT2D eigenvalue weighted by atomic mass is 32.2. The fraction of sp³-hybridized carbons (Fsp3) is 0.160. The van der Waals surface area contributed by atoms with E-state index < -0.39 is 22.5 Å². The second-order valence-electron chi connectivity index (χ2n) is 7.06. The predicted octanol–water partition coefficient (Wildman–Crippen LogP) is 3.33. The highest BCUT2D eigenvalue weighted by Crippen LogP contribution is 2.25. The molecule has 10 heteroatoms. The Morgan fingerprint density at radius 3 is 2.26 bits per heavy atom. The van der Waals surface area contributed by atoms with Gasteiger partial charge in [0, 0.05) is 0 Å². The Hall–Kier alpha value is -4.36. The average molecular weight is 493 g/mol. The Morgan fingerprint density at radius 1 is 1.00 bits per heavy atom. The maximum absolute atomic E-state index is 13.3. The van der Waals surface area contributed by atoms with Gasteiger partial charge in [0.15, 0.2) is 6.61 Å². The number of rotatable bonds is 11. The van der Waals surface area contributed by atoms with Crippen molar-refractivity contribution in [1.82, 2.24) is 5.43 Å². The van der Waals surface area contributed by atoms with Crippen molar-refractivity contribution in [3.8, 4) is 17.6 Å². The van der Waals surface area contributed by atoms with Crippen LogP contribution in [0.2, 0.25) is 0 Å². The Bertz CT molecular complexity index is 1290. The first kappa shape index (κ1) is 25.3. The fourth-order valence-electron chi connectivity index (χ4n) is 3.02. The van der Waals surface area contributed by atoms with Crippen LogP contribution in [0.15, 0.2) is 88.9 Å². The Labute approximate surface area is 204 Å². The molecular weight excluding hydrogens is 468 g/mol. The molecule has 9 nitrogen and oxygen atoms in total. The number of hydrogen-bond acceptors (Lipinski definition) is 7. The van der Waals surface area contributed by atoms with E-state index >= 15 is 0 Å². The van der Waals surface area contributed by atoms with Gasteiger partial charge in [0.25, 0.3) is 15.9 Å². The minimum atomic E-state index is -4.02. The molecule has 180 valence electrons. The standard InChI is InChI=1S/C25H24N4O5S/c1-2-33-22-14-10-21(11-15-22)29(35(31,32)24-6-4-3-5-7-24)19-25(30)28-27-18-20-8-12-23(13-9-20)34-17-16-26/h3-15,18H,2,17,19H2,1H3,(H,28,30)/b27-18+. The number of nitrogens with zero attached hydrogens (tertiary/aromatic N) is 3. The van der Waals surface area contributed by atoms with Crippen molar-refractivity contribution in [2.24, 2.45) is 5.10 Å². The quantitative estimate of drug-likeness (QED) is 0.324. The zero-order valence-electron chi connectivity index (χ0n) is 19.0. The summed E-state index contributed by atoms with van der Waals surface area (Å²) in [6.07, 6.45) is 1.42. The van der Waals surface area contributed by atoms with Crippen LogP contribution in [0.25, 0.3) is 0 Å². The molecule has 0 heterocycles. The zero-order chi connectivity index (χ0) is 25.1. The average Bonchev–Trinajstić information content (AvgIpc) is 2.88. The van der Waals surface area contributed by atoms with Gasteiger partial charge in [-0.1, -0.05) is 18.2 Å². The number of carbonyl (C=O) groups is 1. The molecule has 1 amide bonds. The molecule has 0 fully saturated rings. The minimum absolute atomic E-state index is 0.0553. The first-order valence-corrected chi connectivity index (χ1v) is 12.1. The van der Waals surface area contributed by atoms with Gasteiger partial charge >= 0.3 is 0 Å². The van der Waals surface area contributed by atoms with Crippen LogP contribution in [-0.2, 0) is 14.8 Å². The molecule has 0 bridgehead atoms. The molecule has 0 aromatic heterocycles. The van der Waals surface area contributed by atoms with E-state index in [2.05, 4.69) is 10.5 Å². The lowest BCUT2D eigenvalue weighted by atomic mass is 10.2. The summed E-state index contributed by atoms with van der Waals surface area (Å²) in [6.45, 7) is 1.78. The van der Waals surface area contributed by atoms with Crippen molar-refractivity contribution in [3.63, 3.8) is 0 Å². The fourth-order valence-corrected chi connectivity index (χ4v) is 4.46. The maximum Gasteiger partial charge on any atom is 0.264 e. The highest BCUT2D eigenvalue weighted by Gasteiger charge is 2.27. The van der Waals surface area contributed by atoms with Crippen LogP contribution in [0.4, 0.5) is 5.69 Å². The molecule has 0 aliphatic carbocycles. The molecule has 0 spiro atoms. The van der Waals surface area contributed by atoms with E-state index in [0.29, 0.717) is 29.4 Å². The van der Waals surface area contributed by atoms with Crippen LogP contribution in [0.1, 0.15) is 12.5 Å². The molecule has 1 N–H and O–H groups in total. The van der Waals surface area contributed by atoms with Gasteiger partial charge in [-0.3, -0.25) is 9.10 Å². The highest BCUT2D eigenvalue weighted by molar-refractivity contribution is 7.92. The van der Waals surface area contributed by atoms with Gasteiger partial charge in [-0.15, -0.1) is 0 Å². The summed E-state index contributed by atoms with van der Waals surface area (Å²) in [5.41, 5.74) is 3.35. The topological polar surface area (TPSA) is 121 Å². The Morgan fingerprint density at radius 2 is 1.63 bits per heavy atom. The number of benzene rings is 3. The van der Waals surface area contributed by atoms with Gasteiger partial charge in [0.05, 0.1) is 23.4 Å². The first-order valence-electron chi connectivity index (χ1n) is 10.7. The van der Waals surface area contributed by atoms with Crippen molar-refractivity contribution >= 4 is 27.8 Å². The van der Waals surface area contributed by atoms with E-state index in [1.165, 1.54) is 18.3 Å². The number of carbonyl (C=O) groups excluding carboxylic acids is 1. The second-order valence-corrected chi connectivity index (χ2v) is 8.92. The van der Waals surface area contributed by atoms with Gasteiger partial charge < -0.3 is 9.47 Å². The SMILES string of the molecule is CCOc1ccc(N(CC(=O)N/N=C/c2ccc(OCC#N)cc2)S(=O)(=O)c2ccccc2)cc1. The number of ether oxygens (including phenoxy) is 2. The summed E-state index contributed by atoms with van der Waals surface area (Å²) in [7, 11) is -4.02. The first-order chi connectivity index (χ1) is 16.9. The van der Waals surface area contributed by atoms with Crippen LogP contribution < -0.4 is 19.2 Å². The van der Waals surface area contributed by atoms with E-state index in [9.17, 15) is 13.2 Å². The van der Waals surface area contributed by atoms with E-state index in [0.717, 1.165) is 4.31 Å². The molecule has 3 aromatic rings. The van der Waals surface area contributed by atoms with E-state index in [1.54, 1.807) is 66.7 Å². The number of hydrogen-bond donors (Lipinski definition) is 1. The van der Waals surface area contributed by atoms with Crippen LogP contribution >= 0.6 is 0 Å². The molecule has 0 aliphatic heterocycles. The lowest BCUT2D eigenvalue weighted by molar-refractivity contribution is -0.119. The summed E-state index contributed by atoms with van der Waals surface area (Å²) in [6, 6.07) is 23.0. The van der Waals surface area contributed by atoms with Crippen molar-refractivity contribution in [3.05, 3.63) is 84.4 Å². The van der Waals surface area contributed by atoms with E-state index in [1.807, 2.05) is 13.0 Å². The minimum Gasteiger partial charge on any atom is -0.494 e. The number of hydrazone groups is 1. The lowest BCUT2D eigenvalue weighted by Crippen LogP contribution is -2.39. The number of anilines is 1. The zero-order valence-corrected chi connectivity index (χ0v) is 19.8. The molecule has 0 aliphatic rings. The molecule has 0 unspecified atom stereocenters. The molecule has 0 radical (unpaired) electrons. The van der Waals surface area contributed by atoms with Crippen LogP contribution in [0, 0.1) is 11.3 Å². The third kappa shape index (κ3) is 7.06. The van der Waals surface area contributed by atoms with Crippen LogP contribution in [-0.4, -0.2) is 40.3 Å². The van der Waals surface area contributed by atoms with Gasteiger partial charge in [0.2, 0.25) is 0 Å². The lowest BCUT2D eigenvalue weighted by Gasteiger charge is -2.24. The molecule has 3 aromatic carbocycles. The smallest absolute Gasteiger partial charge is 0.264 e. The Balaban J connectivity index is 1.75. The number of nitriles is 1. The number of sulfonamides is 1. The predicted molar refractivity (Wildman–Crippen MR) is 132 cm³/mol. The van der Waals surface area contributed by atoms with E-state index in [4.69, 9.17) is 14.7 Å². The summed E-state index contributed by atoms with van der Waals surface area (Å²) >= 11 is 0. The normalized spacial score (nSPS) is 11.0. The van der Waals surface area contributed by atoms with Crippen LogP contribution in [0.3, 0.4) is 0 Å². The second kappa shape index (κ2) is 12.2. The van der Waals surface area contributed by atoms with Crippen molar-refractivity contribution in [2.75, 3.05) is 24.1 Å². The number of nitrogens with one attached hydrogen (secondary N) is 1. The Kier molecular flexibility index (Phi) is 8.81. The van der Waals surface area contributed by atoms with Crippen molar-refractivity contribution in [2.45, 2.75) is 11.8 Å². The summed E-state index contributed by atoms with van der Waals surface area (Å²) in [5, 5.41) is 12.5. The molecule has 0 saturated carbocycles. The molecule has 0 atom stereocenters. The summed E-state index contributed by atoms with van der Waals surface area (Å²) in [5.74, 6) is 0.500. The summed E-state index contributed by atoms with van der Waals surface area (Å²) < 4.78 is 38.3. The maximum atomic E-state index is 13.3. The number of amides is 1. The molecular formula is C25H24N4O5S. The largest absolute Gasteiger partial charge is 0.494 e. The van der Waals surface area contributed by atoms with Gasteiger partial charge in [0.1, 0.15) is 24.1 Å². The molecule has 35 heavy (non-hydrogen) atoms. The van der Waals surface area contributed by atoms with Gasteiger partial charge in [-0.25, -0.2) is 13.8 Å². The van der Waals surface area contributed by atoms with Crippen LogP contribution in [0.5, 0.6) is 11.5 Å². The van der Waals surface area contributed by atoms with Gasteiger partial charge in [-0.2, -0.15) is 10.4 Å². The van der Waals surface area contributed by atoms with Crippen molar-refractivity contribution in [1.29, 1.82) is 5.26 Å². The third-order valence-corrected chi connectivity index (χ3v) is 6.43. The summed E-state index contributed by atoms with van der Waals surface area (Å²) in [4.78, 5) is 12.7. The molecule has 0 saturated heterocycles. The monoisotopic (exact) mass is 492 g/mol. The van der Waals surface area contributed by atoms with E-state index in [-0.39, 0.29) is 11.5 Å². The van der Waals surface area contributed by atoms with Crippen molar-refractivity contribution < 1.29 is 22.7 Å². The third-order valence-electron chi connectivity index (χ3n) is 4.64. The van der Waals surface area contributed by atoms with Gasteiger partial charge in [-0.05, 0) is 73.2 Å².